The van der Waals surface area contributed by atoms with Crippen molar-refractivity contribution in [2.45, 2.75) is 12.3 Å². The van der Waals surface area contributed by atoms with Gasteiger partial charge in [0.05, 0.1) is 12.6 Å². The molecule has 1 saturated heterocycles. The fourth-order valence-corrected chi connectivity index (χ4v) is 4.20. The van der Waals surface area contributed by atoms with Crippen LogP contribution >= 0.6 is 0 Å². The van der Waals surface area contributed by atoms with E-state index in [1.165, 1.54) is 17.3 Å². The molecule has 7 nitrogen and oxygen atoms in total. The standard InChI is InChI=1S/C23H23N5O2/c1-3-22(29)28-11-15(12-28)17-9-18-20(10-21(17)30-2)25-13-26-23(18)27-16-4-5-19-14(8-16)6-7-24-19/h3-5,8-10,13,15,24H,1,6-7,11-12H2,2H3,(H,25,26,27). The minimum atomic E-state index is -0.0391. The molecule has 2 aromatic carbocycles. The van der Waals surface area contributed by atoms with Gasteiger partial charge in [0.1, 0.15) is 17.9 Å². The van der Waals surface area contributed by atoms with Crippen LogP contribution < -0.4 is 15.4 Å². The number of nitrogens with one attached hydrogen (secondary N) is 2. The Morgan fingerprint density at radius 2 is 2.17 bits per heavy atom. The number of benzene rings is 2. The molecule has 0 bridgehead atoms. The van der Waals surface area contributed by atoms with Gasteiger partial charge in [0.25, 0.3) is 0 Å². The second-order valence-corrected chi connectivity index (χ2v) is 7.65. The van der Waals surface area contributed by atoms with Crippen LogP contribution in [-0.2, 0) is 11.2 Å². The number of anilines is 3. The molecule has 1 aromatic heterocycles. The second kappa shape index (κ2) is 7.33. The van der Waals surface area contributed by atoms with Crippen LogP contribution in [0.25, 0.3) is 10.9 Å². The summed E-state index contributed by atoms with van der Waals surface area (Å²) < 4.78 is 5.63. The van der Waals surface area contributed by atoms with Crippen LogP contribution in [0.5, 0.6) is 5.75 Å². The number of aromatic nitrogens is 2. The van der Waals surface area contributed by atoms with E-state index in [0.29, 0.717) is 13.1 Å². The molecule has 7 heteroatoms. The van der Waals surface area contributed by atoms with E-state index >= 15 is 0 Å². The lowest BCUT2D eigenvalue weighted by molar-refractivity contribution is -0.130. The third-order valence-corrected chi connectivity index (χ3v) is 5.87. The van der Waals surface area contributed by atoms with Crippen LogP contribution in [0.2, 0.25) is 0 Å². The fraction of sp³-hybridized carbons (Fsp3) is 0.261. The number of hydrogen-bond donors (Lipinski definition) is 2. The van der Waals surface area contributed by atoms with Crippen molar-refractivity contribution in [3.8, 4) is 5.75 Å². The lowest BCUT2D eigenvalue weighted by atomic mass is 9.89. The van der Waals surface area contributed by atoms with Crippen molar-refractivity contribution in [3.63, 3.8) is 0 Å². The van der Waals surface area contributed by atoms with E-state index in [4.69, 9.17) is 4.74 Å². The average molecular weight is 401 g/mol. The van der Waals surface area contributed by atoms with E-state index in [2.05, 4.69) is 51.4 Å². The Kier molecular flexibility index (Phi) is 4.50. The Morgan fingerprint density at radius 3 is 2.97 bits per heavy atom. The number of hydrogen-bond acceptors (Lipinski definition) is 6. The van der Waals surface area contributed by atoms with Gasteiger partial charge in [0.15, 0.2) is 0 Å². The molecule has 5 rings (SSSR count). The minimum Gasteiger partial charge on any atom is -0.496 e. The van der Waals surface area contributed by atoms with Crippen molar-refractivity contribution in [1.29, 1.82) is 0 Å². The Hall–Kier alpha value is -3.61. The number of methoxy groups -OCH3 is 1. The summed E-state index contributed by atoms with van der Waals surface area (Å²) in [6.07, 6.45) is 3.95. The van der Waals surface area contributed by atoms with Gasteiger partial charge in [-0.15, -0.1) is 0 Å². The quantitative estimate of drug-likeness (QED) is 0.638. The van der Waals surface area contributed by atoms with Gasteiger partial charge in [-0.2, -0.15) is 0 Å². The number of rotatable bonds is 5. The van der Waals surface area contributed by atoms with E-state index in [-0.39, 0.29) is 11.8 Å². The molecular formula is C23H23N5O2. The zero-order valence-electron chi connectivity index (χ0n) is 16.8. The summed E-state index contributed by atoms with van der Waals surface area (Å²) in [5.41, 5.74) is 5.38. The summed E-state index contributed by atoms with van der Waals surface area (Å²) in [4.78, 5) is 22.5. The number of amides is 1. The summed E-state index contributed by atoms with van der Waals surface area (Å²) in [7, 11) is 1.66. The number of carbonyl (C=O) groups is 1. The van der Waals surface area contributed by atoms with Gasteiger partial charge >= 0.3 is 0 Å². The van der Waals surface area contributed by atoms with Gasteiger partial charge in [-0.05, 0) is 42.3 Å². The highest BCUT2D eigenvalue weighted by molar-refractivity contribution is 5.93. The van der Waals surface area contributed by atoms with Crippen molar-refractivity contribution >= 4 is 34.0 Å². The molecule has 0 saturated carbocycles. The molecule has 0 spiro atoms. The van der Waals surface area contributed by atoms with Crippen molar-refractivity contribution in [3.05, 3.63) is 60.4 Å². The van der Waals surface area contributed by atoms with Gasteiger partial charge < -0.3 is 20.3 Å². The van der Waals surface area contributed by atoms with Crippen LogP contribution in [0.3, 0.4) is 0 Å². The van der Waals surface area contributed by atoms with E-state index in [1.807, 2.05) is 6.07 Å². The monoisotopic (exact) mass is 401 g/mol. The van der Waals surface area contributed by atoms with E-state index < -0.39 is 0 Å². The molecule has 0 unspecified atom stereocenters. The molecule has 2 aliphatic rings. The van der Waals surface area contributed by atoms with Gasteiger partial charge in [-0.25, -0.2) is 9.97 Å². The number of ether oxygens (including phenoxy) is 1. The smallest absolute Gasteiger partial charge is 0.245 e. The van der Waals surface area contributed by atoms with Crippen molar-refractivity contribution in [2.75, 3.05) is 37.4 Å². The normalized spacial score (nSPS) is 15.3. The summed E-state index contributed by atoms with van der Waals surface area (Å²) in [6.45, 7) is 5.85. The summed E-state index contributed by atoms with van der Waals surface area (Å²) in [5, 5.41) is 7.77. The molecule has 3 heterocycles. The number of fused-ring (bicyclic) bond motifs is 2. The molecule has 1 fully saturated rings. The Labute approximate surface area is 174 Å². The number of likely N-dealkylation sites (tertiary alicyclic amines) is 1. The van der Waals surface area contributed by atoms with Crippen LogP contribution in [-0.4, -0.2) is 47.5 Å². The summed E-state index contributed by atoms with van der Waals surface area (Å²) in [6, 6.07) is 10.4. The predicted molar refractivity (Wildman–Crippen MR) is 118 cm³/mol. The highest BCUT2D eigenvalue weighted by atomic mass is 16.5. The molecule has 2 N–H and O–H groups in total. The predicted octanol–water partition coefficient (Wildman–Crippen LogP) is 3.46. The largest absolute Gasteiger partial charge is 0.496 e. The van der Waals surface area contributed by atoms with Gasteiger partial charge in [-0.1, -0.05) is 6.58 Å². The van der Waals surface area contributed by atoms with Crippen molar-refractivity contribution < 1.29 is 9.53 Å². The lowest BCUT2D eigenvalue weighted by Crippen LogP contribution is -2.47. The maximum atomic E-state index is 11.8. The number of carbonyl (C=O) groups excluding carboxylic acids is 1. The lowest BCUT2D eigenvalue weighted by Gasteiger charge is -2.39. The first-order chi connectivity index (χ1) is 14.7. The van der Waals surface area contributed by atoms with Crippen LogP contribution in [0.15, 0.2) is 49.3 Å². The summed E-state index contributed by atoms with van der Waals surface area (Å²) in [5.74, 6) is 1.72. The number of nitrogens with zero attached hydrogens (tertiary/aromatic N) is 3. The second-order valence-electron chi connectivity index (χ2n) is 7.65. The first-order valence-electron chi connectivity index (χ1n) is 10.0. The maximum absolute atomic E-state index is 11.8. The molecule has 0 radical (unpaired) electrons. The molecule has 0 atom stereocenters. The molecule has 3 aromatic rings. The first kappa shape index (κ1) is 18.4. The third kappa shape index (κ3) is 3.12. The molecule has 0 aliphatic carbocycles. The Morgan fingerprint density at radius 1 is 1.30 bits per heavy atom. The molecule has 152 valence electrons. The topological polar surface area (TPSA) is 79.4 Å². The van der Waals surface area contributed by atoms with E-state index in [0.717, 1.165) is 46.7 Å². The van der Waals surface area contributed by atoms with Crippen molar-refractivity contribution in [2.24, 2.45) is 0 Å². The first-order valence-corrected chi connectivity index (χ1v) is 10.0. The zero-order chi connectivity index (χ0) is 20.7. The SMILES string of the molecule is C=CC(=O)N1CC(c2cc3c(Nc4ccc5c(c4)CCN5)ncnc3cc2OC)C1. The minimum absolute atomic E-state index is 0.0391. The summed E-state index contributed by atoms with van der Waals surface area (Å²) >= 11 is 0. The molecule has 30 heavy (non-hydrogen) atoms. The van der Waals surface area contributed by atoms with Gasteiger partial charge in [0.2, 0.25) is 5.91 Å². The fourth-order valence-electron chi connectivity index (χ4n) is 4.20. The highest BCUT2D eigenvalue weighted by Crippen LogP contribution is 2.38. The Balaban J connectivity index is 1.49. The van der Waals surface area contributed by atoms with Crippen LogP contribution in [0.4, 0.5) is 17.2 Å². The van der Waals surface area contributed by atoms with Gasteiger partial charge in [-0.3, -0.25) is 4.79 Å². The average Bonchev–Trinajstić information content (AvgIpc) is 3.20. The molecule has 2 aliphatic heterocycles. The third-order valence-electron chi connectivity index (χ3n) is 5.87. The molecular weight excluding hydrogens is 378 g/mol. The van der Waals surface area contributed by atoms with E-state index in [9.17, 15) is 4.79 Å². The van der Waals surface area contributed by atoms with Crippen LogP contribution in [0, 0.1) is 0 Å². The highest BCUT2D eigenvalue weighted by Gasteiger charge is 2.32. The van der Waals surface area contributed by atoms with Crippen LogP contribution in [0.1, 0.15) is 17.0 Å². The zero-order valence-corrected chi connectivity index (χ0v) is 16.8. The maximum Gasteiger partial charge on any atom is 0.245 e. The van der Waals surface area contributed by atoms with Gasteiger partial charge in [0, 0.05) is 53.9 Å². The van der Waals surface area contributed by atoms with E-state index in [1.54, 1.807) is 18.3 Å². The molecule has 1 amide bonds. The van der Waals surface area contributed by atoms with Crippen molar-refractivity contribution in [1.82, 2.24) is 14.9 Å². The Bertz CT molecular complexity index is 1150.